The van der Waals surface area contributed by atoms with Crippen molar-refractivity contribution in [1.29, 1.82) is 5.26 Å². The molecule has 0 atom stereocenters. The van der Waals surface area contributed by atoms with Gasteiger partial charge in [-0.1, -0.05) is 67.8 Å². The molecule has 0 N–H and O–H groups in total. The molecule has 140 valence electrons. The first kappa shape index (κ1) is 18.7. The van der Waals surface area contributed by atoms with Crippen LogP contribution in [0.1, 0.15) is 59.7 Å². The number of aryl methyl sites for hydroxylation is 1. The summed E-state index contributed by atoms with van der Waals surface area (Å²) in [7, 11) is 0. The molecule has 0 saturated heterocycles. The van der Waals surface area contributed by atoms with E-state index in [1.165, 1.54) is 49.0 Å². The van der Waals surface area contributed by atoms with Gasteiger partial charge in [-0.15, -0.1) is 11.3 Å². The monoisotopic (exact) mass is 384 g/mol. The van der Waals surface area contributed by atoms with Gasteiger partial charge in [0.1, 0.15) is 11.1 Å². The van der Waals surface area contributed by atoms with Crippen molar-refractivity contribution in [2.24, 2.45) is 0 Å². The third kappa shape index (κ3) is 4.08. The number of nitriles is 1. The number of hydrogen-bond acceptors (Lipinski definition) is 3. The highest BCUT2D eigenvalue weighted by atomic mass is 32.1. The molecule has 0 amide bonds. The van der Waals surface area contributed by atoms with Crippen LogP contribution in [0.4, 0.5) is 0 Å². The first-order valence-electron chi connectivity index (χ1n) is 9.98. The molecule has 28 heavy (non-hydrogen) atoms. The zero-order valence-corrected chi connectivity index (χ0v) is 17.0. The van der Waals surface area contributed by atoms with Gasteiger partial charge in [0.15, 0.2) is 0 Å². The van der Waals surface area contributed by atoms with Crippen LogP contribution in [0.15, 0.2) is 53.9 Å². The van der Waals surface area contributed by atoms with Crippen LogP contribution in [0.3, 0.4) is 0 Å². The van der Waals surface area contributed by atoms with Gasteiger partial charge in [0.25, 0.3) is 0 Å². The van der Waals surface area contributed by atoms with E-state index in [0.29, 0.717) is 5.57 Å². The SMILES string of the molecule is Cc1ccccc1C=C(C#N)c1nc(-c2ccc(C3CCCCC3)cc2)cs1. The highest BCUT2D eigenvalue weighted by Crippen LogP contribution is 2.34. The highest BCUT2D eigenvalue weighted by Gasteiger charge is 2.16. The second-order valence-electron chi connectivity index (χ2n) is 7.52. The maximum absolute atomic E-state index is 9.64. The molecule has 0 bridgehead atoms. The Morgan fingerprint density at radius 2 is 1.82 bits per heavy atom. The Labute approximate surface area is 171 Å². The van der Waals surface area contributed by atoms with Crippen LogP contribution in [0.5, 0.6) is 0 Å². The van der Waals surface area contributed by atoms with Gasteiger partial charge < -0.3 is 0 Å². The Hall–Kier alpha value is -2.70. The predicted octanol–water partition coefficient (Wildman–Crippen LogP) is 7.23. The van der Waals surface area contributed by atoms with Crippen molar-refractivity contribution in [2.75, 3.05) is 0 Å². The number of hydrogen-bond donors (Lipinski definition) is 0. The van der Waals surface area contributed by atoms with Crippen LogP contribution in [0, 0.1) is 18.3 Å². The Kier molecular flexibility index (Phi) is 5.69. The summed E-state index contributed by atoms with van der Waals surface area (Å²) in [6.07, 6.45) is 8.65. The Morgan fingerprint density at radius 1 is 1.07 bits per heavy atom. The molecule has 1 aromatic heterocycles. The van der Waals surface area contributed by atoms with Crippen molar-refractivity contribution in [3.05, 3.63) is 75.6 Å². The van der Waals surface area contributed by atoms with Crippen LogP contribution >= 0.6 is 11.3 Å². The molecule has 0 aliphatic heterocycles. The van der Waals surface area contributed by atoms with Crippen molar-refractivity contribution < 1.29 is 0 Å². The lowest BCUT2D eigenvalue weighted by atomic mass is 9.84. The summed E-state index contributed by atoms with van der Waals surface area (Å²) in [5.74, 6) is 0.719. The van der Waals surface area contributed by atoms with Crippen molar-refractivity contribution in [2.45, 2.75) is 44.9 Å². The van der Waals surface area contributed by atoms with Gasteiger partial charge in [-0.25, -0.2) is 4.98 Å². The predicted molar refractivity (Wildman–Crippen MR) is 118 cm³/mol. The molecule has 2 aromatic carbocycles. The maximum Gasteiger partial charge on any atom is 0.134 e. The van der Waals surface area contributed by atoms with Crippen molar-refractivity contribution in [3.8, 4) is 17.3 Å². The number of benzene rings is 2. The van der Waals surface area contributed by atoms with Gasteiger partial charge in [-0.3, -0.25) is 0 Å². The van der Waals surface area contributed by atoms with Crippen LogP contribution in [-0.2, 0) is 0 Å². The summed E-state index contributed by atoms with van der Waals surface area (Å²) < 4.78 is 0. The van der Waals surface area contributed by atoms with Crippen LogP contribution < -0.4 is 0 Å². The second-order valence-corrected chi connectivity index (χ2v) is 8.38. The molecule has 2 nitrogen and oxygen atoms in total. The molecular formula is C25H24N2S. The van der Waals surface area contributed by atoms with E-state index < -0.39 is 0 Å². The fraction of sp³-hybridized carbons (Fsp3) is 0.280. The average molecular weight is 385 g/mol. The van der Waals surface area contributed by atoms with Gasteiger partial charge >= 0.3 is 0 Å². The van der Waals surface area contributed by atoms with E-state index in [0.717, 1.165) is 33.3 Å². The van der Waals surface area contributed by atoms with Gasteiger partial charge in [0.05, 0.1) is 11.3 Å². The fourth-order valence-corrected chi connectivity index (χ4v) is 4.73. The smallest absolute Gasteiger partial charge is 0.134 e. The Bertz CT molecular complexity index is 1020. The number of rotatable bonds is 4. The number of thiazole rings is 1. The Morgan fingerprint density at radius 3 is 2.54 bits per heavy atom. The lowest BCUT2D eigenvalue weighted by Gasteiger charge is -2.22. The molecule has 0 unspecified atom stereocenters. The topological polar surface area (TPSA) is 36.7 Å². The summed E-state index contributed by atoms with van der Waals surface area (Å²) in [5.41, 5.74) is 6.36. The molecule has 0 radical (unpaired) electrons. The number of nitrogens with zero attached hydrogens (tertiary/aromatic N) is 2. The minimum Gasteiger partial charge on any atom is -0.235 e. The molecule has 1 aliphatic rings. The molecular weight excluding hydrogens is 360 g/mol. The van der Waals surface area contributed by atoms with E-state index in [2.05, 4.69) is 43.3 Å². The molecule has 3 heteroatoms. The third-order valence-corrected chi connectivity index (χ3v) is 6.50. The van der Waals surface area contributed by atoms with Gasteiger partial charge in [-0.05, 0) is 48.4 Å². The molecule has 1 heterocycles. The first-order chi connectivity index (χ1) is 13.7. The van der Waals surface area contributed by atoms with Crippen LogP contribution in [0.2, 0.25) is 0 Å². The van der Waals surface area contributed by atoms with Gasteiger partial charge in [-0.2, -0.15) is 5.26 Å². The molecule has 3 aromatic rings. The molecule has 1 aliphatic carbocycles. The largest absolute Gasteiger partial charge is 0.235 e. The van der Waals surface area contributed by atoms with E-state index >= 15 is 0 Å². The minimum atomic E-state index is 0.615. The lowest BCUT2D eigenvalue weighted by Crippen LogP contribution is -2.04. The maximum atomic E-state index is 9.64. The Balaban J connectivity index is 1.57. The zero-order chi connectivity index (χ0) is 19.3. The summed E-state index contributed by atoms with van der Waals surface area (Å²) >= 11 is 1.53. The quantitative estimate of drug-likeness (QED) is 0.445. The standard InChI is InChI=1S/C25H24N2S/c1-18-7-5-6-10-22(18)15-23(16-26)25-27-24(17-28-25)21-13-11-20(12-14-21)19-8-3-2-4-9-19/h5-7,10-15,17,19H,2-4,8-9H2,1H3. The van der Waals surface area contributed by atoms with Gasteiger partial charge in [0.2, 0.25) is 0 Å². The zero-order valence-electron chi connectivity index (χ0n) is 16.2. The van der Waals surface area contributed by atoms with Crippen molar-refractivity contribution in [3.63, 3.8) is 0 Å². The summed E-state index contributed by atoms with van der Waals surface area (Å²) in [4.78, 5) is 4.75. The van der Waals surface area contributed by atoms with E-state index in [9.17, 15) is 5.26 Å². The highest BCUT2D eigenvalue weighted by molar-refractivity contribution is 7.11. The third-order valence-electron chi connectivity index (χ3n) is 5.63. The van der Waals surface area contributed by atoms with Crippen molar-refractivity contribution >= 4 is 23.0 Å². The van der Waals surface area contributed by atoms with E-state index in [-0.39, 0.29) is 0 Å². The first-order valence-corrected chi connectivity index (χ1v) is 10.9. The van der Waals surface area contributed by atoms with Crippen LogP contribution in [-0.4, -0.2) is 4.98 Å². The molecule has 1 fully saturated rings. The van der Waals surface area contributed by atoms with E-state index in [1.807, 2.05) is 29.7 Å². The molecule has 1 saturated carbocycles. The molecule has 0 spiro atoms. The summed E-state index contributed by atoms with van der Waals surface area (Å²) in [6.45, 7) is 2.06. The van der Waals surface area contributed by atoms with Gasteiger partial charge in [0, 0.05) is 10.9 Å². The molecule has 4 rings (SSSR count). The second kappa shape index (κ2) is 8.54. The van der Waals surface area contributed by atoms with E-state index in [4.69, 9.17) is 4.98 Å². The van der Waals surface area contributed by atoms with Crippen LogP contribution in [0.25, 0.3) is 22.9 Å². The average Bonchev–Trinajstić information content (AvgIpc) is 3.24. The normalized spacial score (nSPS) is 15.4. The fourth-order valence-electron chi connectivity index (χ4n) is 3.94. The summed E-state index contributed by atoms with van der Waals surface area (Å²) in [6, 6.07) is 19.3. The summed E-state index contributed by atoms with van der Waals surface area (Å²) in [5, 5.41) is 12.5. The van der Waals surface area contributed by atoms with E-state index in [1.54, 1.807) is 0 Å². The minimum absolute atomic E-state index is 0.615. The number of aromatic nitrogens is 1. The van der Waals surface area contributed by atoms with Crippen molar-refractivity contribution in [1.82, 2.24) is 4.98 Å². The number of allylic oxidation sites excluding steroid dienone is 1. The lowest BCUT2D eigenvalue weighted by molar-refractivity contribution is 0.443.